The summed E-state index contributed by atoms with van der Waals surface area (Å²) in [5, 5.41) is 3.08. The van der Waals surface area contributed by atoms with E-state index in [0.29, 0.717) is 19.1 Å². The van der Waals surface area contributed by atoms with Crippen molar-refractivity contribution in [1.29, 1.82) is 0 Å². The standard InChI is InChI=1S/C16H27FN4O.HI/c1-3-22-12-4-9-19-16(18)20-10-11-21(2)13-14-5-7-15(17)8-6-14;/h5-8H,3-4,9-13H2,1-2H3,(H3,18,19,20);1H. The van der Waals surface area contributed by atoms with Crippen LogP contribution < -0.4 is 11.1 Å². The number of likely N-dealkylation sites (N-methyl/N-ethyl adjacent to an activating group) is 1. The number of hydrogen-bond acceptors (Lipinski definition) is 3. The first-order valence-corrected chi connectivity index (χ1v) is 7.66. The lowest BCUT2D eigenvalue weighted by atomic mass is 10.2. The molecule has 1 rings (SSSR count). The summed E-state index contributed by atoms with van der Waals surface area (Å²) in [6.45, 7) is 6.41. The maximum atomic E-state index is 12.8. The van der Waals surface area contributed by atoms with Crippen LogP contribution in [0.3, 0.4) is 0 Å². The predicted molar refractivity (Wildman–Crippen MR) is 104 cm³/mol. The van der Waals surface area contributed by atoms with E-state index in [1.54, 1.807) is 12.1 Å². The predicted octanol–water partition coefficient (Wildman–Crippen LogP) is 2.21. The minimum absolute atomic E-state index is 0. The van der Waals surface area contributed by atoms with E-state index in [1.165, 1.54) is 12.1 Å². The summed E-state index contributed by atoms with van der Waals surface area (Å²) in [6, 6.07) is 6.56. The quantitative estimate of drug-likeness (QED) is 0.255. The van der Waals surface area contributed by atoms with Crippen molar-refractivity contribution in [2.24, 2.45) is 10.7 Å². The Morgan fingerprint density at radius 3 is 2.70 bits per heavy atom. The monoisotopic (exact) mass is 438 g/mol. The van der Waals surface area contributed by atoms with Crippen LogP contribution in [-0.2, 0) is 11.3 Å². The Hall–Kier alpha value is -0.930. The molecule has 0 aliphatic carbocycles. The molecule has 0 bridgehead atoms. The number of nitrogens with one attached hydrogen (secondary N) is 1. The summed E-state index contributed by atoms with van der Waals surface area (Å²) in [5.41, 5.74) is 6.87. The van der Waals surface area contributed by atoms with Crippen LogP contribution in [0, 0.1) is 5.82 Å². The average Bonchev–Trinajstić information content (AvgIpc) is 2.49. The zero-order valence-corrected chi connectivity index (χ0v) is 16.3. The molecule has 23 heavy (non-hydrogen) atoms. The van der Waals surface area contributed by atoms with E-state index in [2.05, 4.69) is 15.2 Å². The summed E-state index contributed by atoms with van der Waals surface area (Å²) in [7, 11) is 2.01. The molecule has 1 aromatic carbocycles. The highest BCUT2D eigenvalue weighted by Crippen LogP contribution is 2.04. The largest absolute Gasteiger partial charge is 0.382 e. The summed E-state index contributed by atoms with van der Waals surface area (Å²) in [4.78, 5) is 6.37. The zero-order valence-electron chi connectivity index (χ0n) is 13.9. The smallest absolute Gasteiger partial charge is 0.188 e. The Balaban J connectivity index is 0.00000484. The number of nitrogens with two attached hydrogens (primary N) is 1. The Morgan fingerprint density at radius 1 is 1.35 bits per heavy atom. The molecular formula is C16H28FIN4O. The molecular weight excluding hydrogens is 410 g/mol. The number of aliphatic imine (C=N–C) groups is 1. The van der Waals surface area contributed by atoms with Crippen molar-refractivity contribution < 1.29 is 9.13 Å². The highest BCUT2D eigenvalue weighted by Gasteiger charge is 2.01. The van der Waals surface area contributed by atoms with Gasteiger partial charge in [0.05, 0.1) is 0 Å². The topological polar surface area (TPSA) is 62.9 Å². The van der Waals surface area contributed by atoms with E-state index < -0.39 is 0 Å². The first kappa shape index (κ1) is 22.1. The molecule has 0 saturated heterocycles. The van der Waals surface area contributed by atoms with Crippen molar-refractivity contribution in [3.05, 3.63) is 35.6 Å². The fourth-order valence-electron chi connectivity index (χ4n) is 1.92. The minimum Gasteiger partial charge on any atom is -0.382 e. The van der Waals surface area contributed by atoms with E-state index in [4.69, 9.17) is 10.5 Å². The molecule has 0 aliphatic rings. The SMILES string of the molecule is CCOCCCN=C(N)NCCN(C)Cc1ccc(F)cc1.I. The summed E-state index contributed by atoms with van der Waals surface area (Å²) in [6.07, 6.45) is 0.876. The van der Waals surface area contributed by atoms with Crippen LogP contribution >= 0.6 is 24.0 Å². The molecule has 0 atom stereocenters. The molecule has 0 heterocycles. The maximum absolute atomic E-state index is 12.8. The third kappa shape index (κ3) is 11.3. The molecule has 0 aliphatic heterocycles. The number of benzene rings is 1. The van der Waals surface area contributed by atoms with Crippen LogP contribution in [0.25, 0.3) is 0 Å². The first-order valence-electron chi connectivity index (χ1n) is 7.66. The van der Waals surface area contributed by atoms with Crippen molar-refractivity contribution in [3.63, 3.8) is 0 Å². The summed E-state index contributed by atoms with van der Waals surface area (Å²) in [5.74, 6) is 0.257. The Labute approximate surface area is 155 Å². The Kier molecular flexibility index (Phi) is 13.0. The number of guanidine groups is 1. The van der Waals surface area contributed by atoms with Crippen molar-refractivity contribution in [1.82, 2.24) is 10.2 Å². The summed E-state index contributed by atoms with van der Waals surface area (Å²) >= 11 is 0. The van der Waals surface area contributed by atoms with Gasteiger partial charge in [0.25, 0.3) is 0 Å². The second kappa shape index (κ2) is 13.5. The van der Waals surface area contributed by atoms with E-state index >= 15 is 0 Å². The first-order chi connectivity index (χ1) is 10.6. The lowest BCUT2D eigenvalue weighted by Gasteiger charge is -2.17. The highest BCUT2D eigenvalue weighted by molar-refractivity contribution is 14.0. The van der Waals surface area contributed by atoms with Gasteiger partial charge in [-0.2, -0.15) is 0 Å². The number of ether oxygens (including phenoxy) is 1. The van der Waals surface area contributed by atoms with Crippen LogP contribution in [0.4, 0.5) is 4.39 Å². The van der Waals surface area contributed by atoms with Crippen molar-refractivity contribution >= 4 is 29.9 Å². The van der Waals surface area contributed by atoms with Gasteiger partial charge in [0.1, 0.15) is 5.82 Å². The van der Waals surface area contributed by atoms with E-state index in [1.807, 2.05) is 14.0 Å². The van der Waals surface area contributed by atoms with Crippen molar-refractivity contribution in [3.8, 4) is 0 Å². The number of rotatable bonds is 10. The van der Waals surface area contributed by atoms with Gasteiger partial charge >= 0.3 is 0 Å². The van der Waals surface area contributed by atoms with Gasteiger partial charge < -0.3 is 20.7 Å². The number of hydrogen-bond donors (Lipinski definition) is 2. The minimum atomic E-state index is -0.207. The lowest BCUT2D eigenvalue weighted by molar-refractivity contribution is 0.146. The fourth-order valence-corrected chi connectivity index (χ4v) is 1.92. The third-order valence-electron chi connectivity index (χ3n) is 3.10. The normalized spacial score (nSPS) is 11.4. The molecule has 0 unspecified atom stereocenters. The van der Waals surface area contributed by atoms with Crippen LogP contribution in [0.5, 0.6) is 0 Å². The molecule has 5 nitrogen and oxygen atoms in total. The van der Waals surface area contributed by atoms with Crippen molar-refractivity contribution in [2.75, 3.05) is 39.9 Å². The van der Waals surface area contributed by atoms with Gasteiger partial charge in [-0.3, -0.25) is 4.99 Å². The van der Waals surface area contributed by atoms with Crippen LogP contribution in [0.2, 0.25) is 0 Å². The Bertz CT molecular complexity index is 442. The van der Waals surface area contributed by atoms with Gasteiger partial charge in [0, 0.05) is 39.4 Å². The van der Waals surface area contributed by atoms with Crippen LogP contribution in [-0.4, -0.2) is 50.8 Å². The fraction of sp³-hybridized carbons (Fsp3) is 0.562. The van der Waals surface area contributed by atoms with Gasteiger partial charge in [-0.05, 0) is 38.1 Å². The van der Waals surface area contributed by atoms with E-state index in [9.17, 15) is 4.39 Å². The van der Waals surface area contributed by atoms with E-state index in [0.717, 1.165) is 38.2 Å². The molecule has 132 valence electrons. The molecule has 1 aromatic rings. The molecule has 0 radical (unpaired) electrons. The number of halogens is 2. The van der Waals surface area contributed by atoms with Gasteiger partial charge in [-0.1, -0.05) is 12.1 Å². The molecule has 3 N–H and O–H groups in total. The zero-order chi connectivity index (χ0) is 16.2. The number of nitrogens with zero attached hydrogens (tertiary/aromatic N) is 2. The van der Waals surface area contributed by atoms with Crippen molar-refractivity contribution in [2.45, 2.75) is 19.9 Å². The Morgan fingerprint density at radius 2 is 2.04 bits per heavy atom. The van der Waals surface area contributed by atoms with Crippen LogP contribution in [0.1, 0.15) is 18.9 Å². The molecule has 0 spiro atoms. The summed E-state index contributed by atoms with van der Waals surface area (Å²) < 4.78 is 18.1. The molecule has 7 heteroatoms. The van der Waals surface area contributed by atoms with Crippen LogP contribution in [0.15, 0.2) is 29.3 Å². The molecule has 0 amide bonds. The molecule has 0 saturated carbocycles. The maximum Gasteiger partial charge on any atom is 0.188 e. The lowest BCUT2D eigenvalue weighted by Crippen LogP contribution is -2.37. The van der Waals surface area contributed by atoms with E-state index in [-0.39, 0.29) is 29.8 Å². The van der Waals surface area contributed by atoms with Gasteiger partial charge in [0.15, 0.2) is 5.96 Å². The highest BCUT2D eigenvalue weighted by atomic mass is 127. The second-order valence-electron chi connectivity index (χ2n) is 5.11. The third-order valence-corrected chi connectivity index (χ3v) is 3.10. The van der Waals surface area contributed by atoms with Gasteiger partial charge in [0.2, 0.25) is 0 Å². The van der Waals surface area contributed by atoms with Gasteiger partial charge in [-0.15, -0.1) is 24.0 Å². The van der Waals surface area contributed by atoms with Gasteiger partial charge in [-0.25, -0.2) is 4.39 Å². The molecule has 0 aromatic heterocycles. The second-order valence-corrected chi connectivity index (χ2v) is 5.11. The average molecular weight is 438 g/mol. The molecule has 0 fully saturated rings.